The van der Waals surface area contributed by atoms with Gasteiger partial charge in [0.25, 0.3) is 0 Å². The van der Waals surface area contributed by atoms with Crippen molar-refractivity contribution in [2.75, 3.05) is 6.61 Å². The molecule has 1 rings (SSSR count). The maximum absolute atomic E-state index is 10.9. The maximum atomic E-state index is 10.9. The first kappa shape index (κ1) is 13.8. The summed E-state index contributed by atoms with van der Waals surface area (Å²) in [7, 11) is 0. The third kappa shape index (κ3) is 3.89. The summed E-state index contributed by atoms with van der Waals surface area (Å²) in [5.41, 5.74) is 0.695. The van der Waals surface area contributed by atoms with Crippen molar-refractivity contribution in [1.82, 2.24) is 0 Å². The Hall–Kier alpha value is -1.29. The zero-order valence-electron chi connectivity index (χ0n) is 9.98. The fourth-order valence-electron chi connectivity index (χ4n) is 1.26. The van der Waals surface area contributed by atoms with E-state index < -0.39 is 4.92 Å². The van der Waals surface area contributed by atoms with Crippen molar-refractivity contribution in [2.45, 2.75) is 26.1 Å². The largest absolute Gasteiger partial charge is 0.487 e. The van der Waals surface area contributed by atoms with Gasteiger partial charge < -0.3 is 4.74 Å². The summed E-state index contributed by atoms with van der Waals surface area (Å²) < 4.78 is 5.47. The SMILES string of the molecule is CCC(C)COc1ccc(CCl)cc1[N+](=O)[O-]. The lowest BCUT2D eigenvalue weighted by Crippen LogP contribution is -2.08. The van der Waals surface area contributed by atoms with Crippen molar-refractivity contribution < 1.29 is 9.66 Å². The lowest BCUT2D eigenvalue weighted by molar-refractivity contribution is -0.386. The van der Waals surface area contributed by atoms with Gasteiger partial charge in [-0.15, -0.1) is 11.6 Å². The molecule has 0 fully saturated rings. The molecule has 0 saturated carbocycles. The Kier molecular flexibility index (Phi) is 5.22. The molecule has 1 aromatic carbocycles. The van der Waals surface area contributed by atoms with Gasteiger partial charge in [-0.1, -0.05) is 26.3 Å². The summed E-state index contributed by atoms with van der Waals surface area (Å²) >= 11 is 5.64. The van der Waals surface area contributed by atoms with E-state index in [9.17, 15) is 10.1 Å². The zero-order chi connectivity index (χ0) is 12.8. The standard InChI is InChI=1S/C12H16ClNO3/c1-3-9(2)8-17-12-5-4-10(7-13)6-11(12)14(15)16/h4-6,9H,3,7-8H2,1-2H3. The van der Waals surface area contributed by atoms with Crippen LogP contribution in [0, 0.1) is 16.0 Å². The molecule has 0 radical (unpaired) electrons. The van der Waals surface area contributed by atoms with Gasteiger partial charge >= 0.3 is 5.69 Å². The first-order valence-corrected chi connectivity index (χ1v) is 6.08. The van der Waals surface area contributed by atoms with E-state index in [1.165, 1.54) is 6.07 Å². The Labute approximate surface area is 106 Å². The maximum Gasteiger partial charge on any atom is 0.311 e. The molecule has 1 aromatic rings. The van der Waals surface area contributed by atoms with Crippen molar-refractivity contribution in [1.29, 1.82) is 0 Å². The molecule has 0 N–H and O–H groups in total. The number of hydrogen-bond acceptors (Lipinski definition) is 3. The topological polar surface area (TPSA) is 52.4 Å². The minimum Gasteiger partial charge on any atom is -0.487 e. The smallest absolute Gasteiger partial charge is 0.311 e. The van der Waals surface area contributed by atoms with E-state index in [0.29, 0.717) is 23.8 Å². The molecule has 1 atom stereocenters. The molecule has 0 bridgehead atoms. The average Bonchev–Trinajstić information content (AvgIpc) is 2.35. The first-order valence-electron chi connectivity index (χ1n) is 5.54. The van der Waals surface area contributed by atoms with Gasteiger partial charge in [0.1, 0.15) is 0 Å². The number of ether oxygens (including phenoxy) is 1. The number of nitrogens with zero attached hydrogens (tertiary/aromatic N) is 1. The molecule has 0 aliphatic heterocycles. The van der Waals surface area contributed by atoms with Crippen molar-refractivity contribution in [2.24, 2.45) is 5.92 Å². The average molecular weight is 258 g/mol. The summed E-state index contributed by atoms with van der Waals surface area (Å²) in [5.74, 6) is 0.943. The van der Waals surface area contributed by atoms with Crippen LogP contribution in [0.1, 0.15) is 25.8 Å². The molecular weight excluding hydrogens is 242 g/mol. The van der Waals surface area contributed by atoms with E-state index in [0.717, 1.165) is 6.42 Å². The number of halogens is 1. The van der Waals surface area contributed by atoms with Crippen LogP contribution >= 0.6 is 11.6 Å². The Bertz CT molecular complexity index is 395. The minimum absolute atomic E-state index is 0.0218. The Morgan fingerprint density at radius 3 is 2.76 bits per heavy atom. The molecule has 0 saturated heterocycles. The van der Waals surface area contributed by atoms with Crippen LogP contribution in [0.15, 0.2) is 18.2 Å². The van der Waals surface area contributed by atoms with Gasteiger partial charge in [0, 0.05) is 11.9 Å². The number of alkyl halides is 1. The van der Waals surface area contributed by atoms with Crippen molar-refractivity contribution in [3.8, 4) is 5.75 Å². The zero-order valence-corrected chi connectivity index (χ0v) is 10.7. The van der Waals surface area contributed by atoms with Crippen LogP contribution in [0.4, 0.5) is 5.69 Å². The number of nitro benzene ring substituents is 1. The second-order valence-electron chi connectivity index (χ2n) is 4.02. The first-order chi connectivity index (χ1) is 8.08. The summed E-state index contributed by atoms with van der Waals surface area (Å²) in [6.07, 6.45) is 0.980. The van der Waals surface area contributed by atoms with Crippen LogP contribution in [0.5, 0.6) is 5.75 Å². The van der Waals surface area contributed by atoms with Crippen molar-refractivity contribution in [3.05, 3.63) is 33.9 Å². The van der Waals surface area contributed by atoms with Crippen LogP contribution in [-0.2, 0) is 5.88 Å². The third-order valence-corrected chi connectivity index (χ3v) is 2.90. The van der Waals surface area contributed by atoms with E-state index in [-0.39, 0.29) is 11.6 Å². The van der Waals surface area contributed by atoms with Crippen LogP contribution in [0.3, 0.4) is 0 Å². The van der Waals surface area contributed by atoms with Crippen molar-refractivity contribution in [3.63, 3.8) is 0 Å². The molecule has 17 heavy (non-hydrogen) atoms. The van der Waals surface area contributed by atoms with Gasteiger partial charge in [0.2, 0.25) is 0 Å². The summed E-state index contributed by atoms with van der Waals surface area (Å²) in [6.45, 7) is 4.58. The monoisotopic (exact) mass is 257 g/mol. The van der Waals surface area contributed by atoms with E-state index in [1.54, 1.807) is 12.1 Å². The highest BCUT2D eigenvalue weighted by Crippen LogP contribution is 2.29. The highest BCUT2D eigenvalue weighted by Gasteiger charge is 2.16. The molecule has 0 amide bonds. The molecular formula is C12H16ClNO3. The second kappa shape index (κ2) is 6.45. The van der Waals surface area contributed by atoms with E-state index >= 15 is 0 Å². The second-order valence-corrected chi connectivity index (χ2v) is 4.28. The van der Waals surface area contributed by atoms with E-state index in [1.807, 2.05) is 6.92 Å². The predicted molar refractivity (Wildman–Crippen MR) is 67.6 cm³/mol. The molecule has 94 valence electrons. The lowest BCUT2D eigenvalue weighted by Gasteiger charge is -2.11. The van der Waals surface area contributed by atoms with Gasteiger partial charge in [0.05, 0.1) is 11.5 Å². The molecule has 5 heteroatoms. The lowest BCUT2D eigenvalue weighted by atomic mass is 10.1. The normalized spacial score (nSPS) is 12.2. The quantitative estimate of drug-likeness (QED) is 0.443. The number of nitro groups is 1. The minimum atomic E-state index is -0.442. The fraction of sp³-hybridized carbons (Fsp3) is 0.500. The number of rotatable bonds is 6. The molecule has 4 nitrogen and oxygen atoms in total. The van der Waals surface area contributed by atoms with Gasteiger partial charge in [-0.3, -0.25) is 10.1 Å². The van der Waals surface area contributed by atoms with Crippen molar-refractivity contribution >= 4 is 17.3 Å². The third-order valence-electron chi connectivity index (χ3n) is 2.59. The van der Waals surface area contributed by atoms with Crippen LogP contribution in [0.2, 0.25) is 0 Å². The van der Waals surface area contributed by atoms with Gasteiger partial charge in [-0.05, 0) is 17.5 Å². The molecule has 0 aromatic heterocycles. The Morgan fingerprint density at radius 1 is 1.53 bits per heavy atom. The van der Waals surface area contributed by atoms with Gasteiger partial charge in [-0.2, -0.15) is 0 Å². The van der Waals surface area contributed by atoms with Gasteiger partial charge in [0.15, 0.2) is 5.75 Å². The molecule has 0 heterocycles. The molecule has 0 aliphatic carbocycles. The van der Waals surface area contributed by atoms with Crippen LogP contribution < -0.4 is 4.74 Å². The number of hydrogen-bond donors (Lipinski definition) is 0. The van der Waals surface area contributed by atoms with Gasteiger partial charge in [-0.25, -0.2) is 0 Å². The highest BCUT2D eigenvalue weighted by atomic mass is 35.5. The summed E-state index contributed by atoms with van der Waals surface area (Å²) in [6, 6.07) is 4.81. The summed E-state index contributed by atoms with van der Waals surface area (Å²) in [4.78, 5) is 10.4. The Balaban J connectivity index is 2.87. The van der Waals surface area contributed by atoms with E-state index in [2.05, 4.69) is 6.92 Å². The Morgan fingerprint density at radius 2 is 2.24 bits per heavy atom. The number of benzene rings is 1. The predicted octanol–water partition coefficient (Wildman–Crippen LogP) is 3.76. The van der Waals surface area contributed by atoms with E-state index in [4.69, 9.17) is 16.3 Å². The van der Waals surface area contributed by atoms with Crippen LogP contribution in [-0.4, -0.2) is 11.5 Å². The fourth-order valence-corrected chi connectivity index (χ4v) is 1.43. The molecule has 1 unspecified atom stereocenters. The highest BCUT2D eigenvalue weighted by molar-refractivity contribution is 6.17. The molecule has 0 spiro atoms. The van der Waals surface area contributed by atoms with Crippen LogP contribution in [0.25, 0.3) is 0 Å². The molecule has 0 aliphatic rings. The summed E-state index contributed by atoms with van der Waals surface area (Å²) in [5, 5.41) is 10.9.